The van der Waals surface area contributed by atoms with Crippen LogP contribution in [0.5, 0.6) is 11.5 Å². The quantitative estimate of drug-likeness (QED) is 0.236. The van der Waals surface area contributed by atoms with Gasteiger partial charge in [0.05, 0.1) is 42.5 Å². The first-order valence-electron chi connectivity index (χ1n) is 10.8. The molecule has 7 nitrogen and oxygen atoms in total. The number of methoxy groups -OCH3 is 2. The van der Waals surface area contributed by atoms with Crippen LogP contribution in [0, 0.1) is 5.82 Å². The van der Waals surface area contributed by atoms with Gasteiger partial charge in [-0.3, -0.25) is 9.59 Å². The second-order valence-corrected chi connectivity index (χ2v) is 8.38. The molecule has 0 aromatic heterocycles. The fourth-order valence-corrected chi connectivity index (χ4v) is 4.11. The maximum atomic E-state index is 14.9. The fraction of sp³-hybridized carbons (Fsp3) is 0.360. The van der Waals surface area contributed by atoms with E-state index in [0.717, 1.165) is 0 Å². The first-order valence-corrected chi connectivity index (χ1v) is 11.1. The van der Waals surface area contributed by atoms with E-state index in [0.29, 0.717) is 13.0 Å². The summed E-state index contributed by atoms with van der Waals surface area (Å²) in [7, 11) is 2.77. The Kier molecular flexibility index (Phi) is 8.17. The number of likely N-dealkylation sites (tertiary alicyclic amines) is 1. The smallest absolute Gasteiger partial charge is 0.295 e. The predicted molar refractivity (Wildman–Crippen MR) is 126 cm³/mol. The van der Waals surface area contributed by atoms with E-state index in [1.54, 1.807) is 6.07 Å². The molecule has 0 bridgehead atoms. The zero-order valence-corrected chi connectivity index (χ0v) is 20.2. The Morgan fingerprint density at radius 3 is 2.44 bits per heavy atom. The third-order valence-corrected chi connectivity index (χ3v) is 5.76. The van der Waals surface area contributed by atoms with Gasteiger partial charge in [-0.1, -0.05) is 29.8 Å². The predicted octanol–water partition coefficient (Wildman–Crippen LogP) is 4.73. The van der Waals surface area contributed by atoms with Crippen LogP contribution in [0.1, 0.15) is 37.4 Å². The number of hydrogen-bond donors (Lipinski definition) is 1. The lowest BCUT2D eigenvalue weighted by atomic mass is 9.94. The van der Waals surface area contributed by atoms with E-state index >= 15 is 0 Å². The number of carbonyl (C=O) groups excluding carboxylic acids is 2. The number of carbonyl (C=O) groups is 2. The summed E-state index contributed by atoms with van der Waals surface area (Å²) in [6.07, 6.45) is 0.430. The van der Waals surface area contributed by atoms with Crippen molar-refractivity contribution >= 4 is 29.1 Å². The summed E-state index contributed by atoms with van der Waals surface area (Å²) in [5.74, 6) is -2.49. The Hall–Kier alpha value is -3.10. The van der Waals surface area contributed by atoms with E-state index in [9.17, 15) is 19.1 Å². The minimum absolute atomic E-state index is 0.00475. The van der Waals surface area contributed by atoms with Crippen LogP contribution in [0.25, 0.3) is 5.76 Å². The monoisotopic (exact) mass is 491 g/mol. The summed E-state index contributed by atoms with van der Waals surface area (Å²) in [4.78, 5) is 27.4. The van der Waals surface area contributed by atoms with Crippen molar-refractivity contribution in [3.63, 3.8) is 0 Å². The number of nitrogens with zero attached hydrogens (tertiary/aromatic N) is 1. The highest BCUT2D eigenvalue weighted by atomic mass is 35.5. The topological polar surface area (TPSA) is 85.3 Å². The van der Waals surface area contributed by atoms with Crippen molar-refractivity contribution in [2.75, 3.05) is 27.4 Å². The van der Waals surface area contributed by atoms with Crippen molar-refractivity contribution in [2.45, 2.75) is 32.4 Å². The molecule has 1 heterocycles. The standard InChI is InChI=1S/C25H27ClFNO6/c1-14(2)34-11-7-10-28-22(15-8-5-6-9-18(15)27)21(24(30)25(28)31)23(29)16-12-20(33-4)17(26)13-19(16)32-3/h5-6,8-9,12-14,22,29H,7,10-11H2,1-4H3/b23-21+. The number of ether oxygens (including phenoxy) is 3. The SMILES string of the molecule is COc1cc(/C(O)=C2\C(=O)C(=O)N(CCCOC(C)C)C2c2ccccc2F)c(OC)cc1Cl. The molecular weight excluding hydrogens is 465 g/mol. The van der Waals surface area contributed by atoms with E-state index in [2.05, 4.69) is 0 Å². The molecule has 1 unspecified atom stereocenters. The zero-order chi connectivity index (χ0) is 25.0. The molecule has 1 aliphatic heterocycles. The van der Waals surface area contributed by atoms with Crippen LogP contribution in [0.2, 0.25) is 5.02 Å². The maximum Gasteiger partial charge on any atom is 0.295 e. The van der Waals surface area contributed by atoms with Gasteiger partial charge in [-0.25, -0.2) is 4.39 Å². The minimum atomic E-state index is -1.13. The number of hydrogen-bond acceptors (Lipinski definition) is 6. The summed E-state index contributed by atoms with van der Waals surface area (Å²) < 4.78 is 31.0. The van der Waals surface area contributed by atoms with E-state index in [-0.39, 0.29) is 45.9 Å². The maximum absolute atomic E-state index is 14.9. The van der Waals surface area contributed by atoms with Gasteiger partial charge in [-0.15, -0.1) is 0 Å². The van der Waals surface area contributed by atoms with Gasteiger partial charge in [-0.2, -0.15) is 0 Å². The largest absolute Gasteiger partial charge is 0.507 e. The lowest BCUT2D eigenvalue weighted by Crippen LogP contribution is -2.31. The molecule has 0 radical (unpaired) electrons. The Morgan fingerprint density at radius 1 is 1.15 bits per heavy atom. The van der Waals surface area contributed by atoms with Crippen LogP contribution in [0.4, 0.5) is 4.39 Å². The van der Waals surface area contributed by atoms with Crippen LogP contribution in [0.3, 0.4) is 0 Å². The molecule has 0 spiro atoms. The van der Waals surface area contributed by atoms with Crippen molar-refractivity contribution in [3.05, 3.63) is 63.9 Å². The Bertz CT molecular complexity index is 1120. The van der Waals surface area contributed by atoms with Crippen molar-refractivity contribution in [3.8, 4) is 11.5 Å². The van der Waals surface area contributed by atoms with Gasteiger partial charge in [-0.05, 0) is 32.4 Å². The number of amides is 1. The van der Waals surface area contributed by atoms with Gasteiger partial charge in [0.15, 0.2) is 0 Å². The lowest BCUT2D eigenvalue weighted by Gasteiger charge is -2.26. The summed E-state index contributed by atoms with van der Waals surface area (Å²) in [5, 5.41) is 11.5. The van der Waals surface area contributed by atoms with Crippen LogP contribution in [-0.2, 0) is 14.3 Å². The van der Waals surface area contributed by atoms with Crippen molar-refractivity contribution < 1.29 is 33.3 Å². The lowest BCUT2D eigenvalue weighted by molar-refractivity contribution is -0.140. The molecule has 3 rings (SSSR count). The molecular formula is C25H27ClFNO6. The second-order valence-electron chi connectivity index (χ2n) is 7.97. The third-order valence-electron chi connectivity index (χ3n) is 5.46. The number of ketones is 1. The molecule has 182 valence electrons. The summed E-state index contributed by atoms with van der Waals surface area (Å²) in [6, 6.07) is 7.53. The Morgan fingerprint density at radius 2 is 1.82 bits per heavy atom. The first kappa shape index (κ1) is 25.5. The number of aliphatic hydroxyl groups excluding tert-OH is 1. The molecule has 1 fully saturated rings. The average Bonchev–Trinajstić information content (AvgIpc) is 3.06. The molecule has 34 heavy (non-hydrogen) atoms. The molecule has 2 aromatic carbocycles. The minimum Gasteiger partial charge on any atom is -0.507 e. The number of benzene rings is 2. The van der Waals surface area contributed by atoms with Crippen LogP contribution < -0.4 is 9.47 Å². The molecule has 1 N–H and O–H groups in total. The molecule has 1 atom stereocenters. The molecule has 0 aliphatic carbocycles. The van der Waals surface area contributed by atoms with Gasteiger partial charge < -0.3 is 24.2 Å². The van der Waals surface area contributed by atoms with Gasteiger partial charge in [0, 0.05) is 24.8 Å². The number of Topliss-reactive ketones (excluding diaryl/α,β-unsaturated/α-hetero) is 1. The first-order chi connectivity index (χ1) is 16.2. The molecule has 1 amide bonds. The number of rotatable bonds is 9. The molecule has 2 aromatic rings. The highest BCUT2D eigenvalue weighted by Crippen LogP contribution is 2.43. The third kappa shape index (κ3) is 5.03. The van der Waals surface area contributed by atoms with Gasteiger partial charge in [0.25, 0.3) is 11.7 Å². The van der Waals surface area contributed by atoms with Crippen LogP contribution in [0.15, 0.2) is 42.0 Å². The molecule has 1 saturated heterocycles. The highest BCUT2D eigenvalue weighted by molar-refractivity contribution is 6.46. The van der Waals surface area contributed by atoms with E-state index in [4.69, 9.17) is 25.8 Å². The number of halogens is 2. The molecule has 0 saturated carbocycles. The molecule has 1 aliphatic rings. The zero-order valence-electron chi connectivity index (χ0n) is 19.4. The summed E-state index contributed by atoms with van der Waals surface area (Å²) in [5.41, 5.74) is -0.0679. The average molecular weight is 492 g/mol. The van der Waals surface area contributed by atoms with Gasteiger partial charge in [0.2, 0.25) is 0 Å². The highest BCUT2D eigenvalue weighted by Gasteiger charge is 2.47. The van der Waals surface area contributed by atoms with Crippen LogP contribution in [-0.4, -0.2) is 55.2 Å². The Balaban J connectivity index is 2.16. The summed E-state index contributed by atoms with van der Waals surface area (Å²) in [6.45, 7) is 4.26. The van der Waals surface area contributed by atoms with E-state index < -0.39 is 29.3 Å². The number of aliphatic hydroxyl groups is 1. The fourth-order valence-electron chi connectivity index (χ4n) is 3.88. The van der Waals surface area contributed by atoms with Crippen molar-refractivity contribution in [2.24, 2.45) is 0 Å². The van der Waals surface area contributed by atoms with Gasteiger partial charge in [0.1, 0.15) is 23.1 Å². The van der Waals surface area contributed by atoms with E-state index in [1.165, 1.54) is 49.5 Å². The van der Waals surface area contributed by atoms with Gasteiger partial charge >= 0.3 is 0 Å². The van der Waals surface area contributed by atoms with Crippen molar-refractivity contribution in [1.82, 2.24) is 4.90 Å². The molecule has 9 heteroatoms. The van der Waals surface area contributed by atoms with Crippen molar-refractivity contribution in [1.29, 1.82) is 0 Å². The van der Waals surface area contributed by atoms with E-state index in [1.807, 2.05) is 13.8 Å². The summed E-state index contributed by atoms with van der Waals surface area (Å²) >= 11 is 6.16. The second kappa shape index (κ2) is 10.9. The normalized spacial score (nSPS) is 17.5. The van der Waals surface area contributed by atoms with Crippen LogP contribution >= 0.6 is 11.6 Å². The Labute approximate surface area is 202 Å².